The topological polar surface area (TPSA) is 86.3 Å². The molecule has 0 atom stereocenters. The summed E-state index contributed by atoms with van der Waals surface area (Å²) in [5, 5.41) is 2.80. The van der Waals surface area contributed by atoms with E-state index in [2.05, 4.69) is 5.32 Å². The summed E-state index contributed by atoms with van der Waals surface area (Å²) in [5.74, 6) is 2.10. The first-order valence-electron chi connectivity index (χ1n) is 9.41. The lowest BCUT2D eigenvalue weighted by molar-refractivity contribution is -0.122. The van der Waals surface area contributed by atoms with Crippen LogP contribution in [0.1, 0.15) is 12.0 Å². The van der Waals surface area contributed by atoms with Crippen molar-refractivity contribution < 1.29 is 28.5 Å². The van der Waals surface area contributed by atoms with Gasteiger partial charge in [-0.2, -0.15) is 0 Å². The third kappa shape index (κ3) is 4.04. The van der Waals surface area contributed by atoms with Gasteiger partial charge in [0.05, 0.1) is 4.91 Å². The molecule has 5 rings (SSSR count). The molecule has 0 spiro atoms. The van der Waals surface area contributed by atoms with Gasteiger partial charge in [-0.1, -0.05) is 30.0 Å². The van der Waals surface area contributed by atoms with Gasteiger partial charge in [0.2, 0.25) is 19.5 Å². The monoisotopic (exact) mass is 456 g/mol. The Balaban J connectivity index is 1.20. The maximum absolute atomic E-state index is 12.8. The zero-order valence-corrected chi connectivity index (χ0v) is 17.7. The minimum atomic E-state index is -0.229. The van der Waals surface area contributed by atoms with E-state index in [1.165, 1.54) is 16.7 Å². The average molecular weight is 457 g/mol. The molecule has 0 unspecified atom stereocenters. The standard InChI is InChI=1S/C21H16N2O6S2/c24-19(22-13-2-4-15-17(9-13)29-11-27-15)5-6-23-20(25)18(31-21(23)30)8-12-1-3-14-16(7-12)28-10-26-14/h1-4,7-9H,5-6,10-11H2,(H,22,24). The Bertz CT molecular complexity index is 1130. The fourth-order valence-corrected chi connectivity index (χ4v) is 4.57. The van der Waals surface area contributed by atoms with Crippen LogP contribution >= 0.6 is 24.0 Å². The summed E-state index contributed by atoms with van der Waals surface area (Å²) < 4.78 is 21.7. The van der Waals surface area contributed by atoms with E-state index in [1.54, 1.807) is 30.3 Å². The van der Waals surface area contributed by atoms with Crippen molar-refractivity contribution in [1.29, 1.82) is 0 Å². The first-order valence-corrected chi connectivity index (χ1v) is 10.6. The summed E-state index contributed by atoms with van der Waals surface area (Å²) >= 11 is 6.56. The van der Waals surface area contributed by atoms with E-state index in [0.717, 1.165) is 5.56 Å². The number of thiocarbonyl (C=S) groups is 1. The molecule has 31 heavy (non-hydrogen) atoms. The molecule has 1 N–H and O–H groups in total. The molecule has 10 heteroatoms. The van der Waals surface area contributed by atoms with Gasteiger partial charge in [0.1, 0.15) is 4.32 Å². The van der Waals surface area contributed by atoms with E-state index < -0.39 is 0 Å². The molecular formula is C21H16N2O6S2. The van der Waals surface area contributed by atoms with Crippen LogP contribution < -0.4 is 24.3 Å². The lowest BCUT2D eigenvalue weighted by Crippen LogP contribution is -2.31. The second-order valence-corrected chi connectivity index (χ2v) is 8.49. The van der Waals surface area contributed by atoms with Gasteiger partial charge < -0.3 is 24.3 Å². The second kappa shape index (κ2) is 8.12. The van der Waals surface area contributed by atoms with Gasteiger partial charge in [-0.15, -0.1) is 0 Å². The predicted octanol–water partition coefficient (Wildman–Crippen LogP) is 3.37. The number of ether oxygens (including phenoxy) is 4. The van der Waals surface area contributed by atoms with Crippen molar-refractivity contribution in [3.05, 3.63) is 46.9 Å². The predicted molar refractivity (Wildman–Crippen MR) is 118 cm³/mol. The molecule has 158 valence electrons. The Kier molecular flexibility index (Phi) is 5.16. The van der Waals surface area contributed by atoms with Crippen molar-refractivity contribution >= 4 is 51.9 Å². The van der Waals surface area contributed by atoms with Crippen LogP contribution in [0.5, 0.6) is 23.0 Å². The number of thioether (sulfide) groups is 1. The minimum absolute atomic E-state index is 0.109. The number of amides is 2. The van der Waals surface area contributed by atoms with Crippen LogP contribution in [0.4, 0.5) is 5.69 Å². The number of carbonyl (C=O) groups excluding carboxylic acids is 2. The number of anilines is 1. The Morgan fingerprint density at radius 1 is 1.03 bits per heavy atom. The second-order valence-electron chi connectivity index (χ2n) is 6.81. The third-order valence-electron chi connectivity index (χ3n) is 4.79. The fraction of sp³-hybridized carbons (Fsp3) is 0.190. The highest BCUT2D eigenvalue weighted by atomic mass is 32.2. The number of hydrogen-bond acceptors (Lipinski definition) is 8. The van der Waals surface area contributed by atoms with Crippen molar-refractivity contribution in [3.8, 4) is 23.0 Å². The van der Waals surface area contributed by atoms with Gasteiger partial charge >= 0.3 is 0 Å². The molecule has 2 amide bonds. The molecule has 1 saturated heterocycles. The summed E-state index contributed by atoms with van der Waals surface area (Å²) in [6, 6.07) is 10.6. The average Bonchev–Trinajstić information content (AvgIpc) is 3.46. The molecule has 0 saturated carbocycles. The molecular weight excluding hydrogens is 440 g/mol. The zero-order chi connectivity index (χ0) is 21.4. The van der Waals surface area contributed by atoms with E-state index in [9.17, 15) is 9.59 Å². The zero-order valence-electron chi connectivity index (χ0n) is 16.1. The highest BCUT2D eigenvalue weighted by molar-refractivity contribution is 8.26. The molecule has 0 bridgehead atoms. The molecule has 2 aromatic carbocycles. The number of nitrogens with one attached hydrogen (secondary N) is 1. The van der Waals surface area contributed by atoms with E-state index in [0.29, 0.717) is 37.9 Å². The van der Waals surface area contributed by atoms with E-state index >= 15 is 0 Å². The Hall–Kier alpha value is -3.24. The van der Waals surface area contributed by atoms with Crippen molar-refractivity contribution in [3.63, 3.8) is 0 Å². The summed E-state index contributed by atoms with van der Waals surface area (Å²) in [6.45, 7) is 0.551. The molecule has 0 aromatic heterocycles. The van der Waals surface area contributed by atoms with Crippen molar-refractivity contribution in [2.75, 3.05) is 25.4 Å². The summed E-state index contributed by atoms with van der Waals surface area (Å²) in [7, 11) is 0. The molecule has 8 nitrogen and oxygen atoms in total. The van der Waals surface area contributed by atoms with Gasteiger partial charge in [-0.25, -0.2) is 0 Å². The van der Waals surface area contributed by atoms with E-state index in [4.69, 9.17) is 31.2 Å². The van der Waals surface area contributed by atoms with Crippen LogP contribution in [0.15, 0.2) is 41.3 Å². The normalized spacial score (nSPS) is 17.5. The number of fused-ring (bicyclic) bond motifs is 2. The van der Waals surface area contributed by atoms with Crippen molar-refractivity contribution in [2.24, 2.45) is 0 Å². The van der Waals surface area contributed by atoms with Crippen molar-refractivity contribution in [2.45, 2.75) is 6.42 Å². The Morgan fingerprint density at radius 2 is 1.71 bits per heavy atom. The molecule has 0 radical (unpaired) electrons. The molecule has 2 aromatic rings. The third-order valence-corrected chi connectivity index (χ3v) is 6.16. The highest BCUT2D eigenvalue weighted by Gasteiger charge is 2.32. The minimum Gasteiger partial charge on any atom is -0.454 e. The van der Waals surface area contributed by atoms with Gasteiger partial charge in [0, 0.05) is 24.7 Å². The number of carbonyl (C=O) groups is 2. The summed E-state index contributed by atoms with van der Waals surface area (Å²) in [6.07, 6.45) is 1.87. The first kappa shape index (κ1) is 19.7. The molecule has 3 aliphatic heterocycles. The van der Waals surface area contributed by atoms with Gasteiger partial charge in [-0.3, -0.25) is 14.5 Å². The number of nitrogens with zero attached hydrogens (tertiary/aromatic N) is 1. The van der Waals surface area contributed by atoms with Crippen LogP contribution in [0.25, 0.3) is 6.08 Å². The lowest BCUT2D eigenvalue weighted by Gasteiger charge is -2.14. The van der Waals surface area contributed by atoms with E-state index in [1.807, 2.05) is 12.1 Å². The number of rotatable bonds is 5. The SMILES string of the molecule is O=C(CCN1C(=O)C(=Cc2ccc3c(c2)OCO3)SC1=S)Nc1ccc2c(c1)OCO2. The van der Waals surface area contributed by atoms with E-state index in [-0.39, 0.29) is 38.4 Å². The van der Waals surface area contributed by atoms with Gasteiger partial charge in [0.25, 0.3) is 5.91 Å². The van der Waals surface area contributed by atoms with Gasteiger partial charge in [-0.05, 0) is 35.9 Å². The largest absolute Gasteiger partial charge is 0.454 e. The number of hydrogen-bond donors (Lipinski definition) is 1. The van der Waals surface area contributed by atoms with Crippen LogP contribution in [0.2, 0.25) is 0 Å². The first-order chi connectivity index (χ1) is 15.1. The Labute approximate surface area is 187 Å². The maximum atomic E-state index is 12.8. The molecule has 3 aliphatic rings. The van der Waals surface area contributed by atoms with Gasteiger partial charge in [0.15, 0.2) is 23.0 Å². The maximum Gasteiger partial charge on any atom is 0.266 e. The smallest absolute Gasteiger partial charge is 0.266 e. The Morgan fingerprint density at radius 3 is 2.48 bits per heavy atom. The quantitative estimate of drug-likeness (QED) is 0.541. The van der Waals surface area contributed by atoms with Crippen LogP contribution in [0.3, 0.4) is 0 Å². The van der Waals surface area contributed by atoms with Crippen molar-refractivity contribution in [1.82, 2.24) is 4.90 Å². The molecule has 1 fully saturated rings. The summed E-state index contributed by atoms with van der Waals surface area (Å²) in [4.78, 5) is 27.1. The van der Waals surface area contributed by atoms with Crippen LogP contribution in [-0.4, -0.2) is 41.2 Å². The number of benzene rings is 2. The summed E-state index contributed by atoms with van der Waals surface area (Å²) in [5.41, 5.74) is 1.41. The lowest BCUT2D eigenvalue weighted by atomic mass is 10.2. The highest BCUT2D eigenvalue weighted by Crippen LogP contribution is 2.37. The van der Waals surface area contributed by atoms with Crippen LogP contribution in [0, 0.1) is 0 Å². The fourth-order valence-electron chi connectivity index (χ4n) is 3.26. The molecule has 3 heterocycles. The van der Waals surface area contributed by atoms with Crippen LogP contribution in [-0.2, 0) is 9.59 Å². The molecule has 0 aliphatic carbocycles.